The maximum Gasteiger partial charge on any atom is 0.322 e. The summed E-state index contributed by atoms with van der Waals surface area (Å²) < 4.78 is 1.77. The standard InChI is InChI=1S/C30H32N8O/c1-37-29(17-18-34-37)36-25-10-14-27(15-11-25)38(30(39)33-20-22-5-3-2-4-6-22)26-12-8-24(9-13-26)35-28-16-7-23(19-31)21-32-28/h2-7,10-11,14-18,21,24,26,36H,8-9,12-13,20H2,1H3,(H,32,35)(H,33,39)/t24-,26-. The smallest absolute Gasteiger partial charge is 0.322 e. The number of rotatable bonds is 8. The Morgan fingerprint density at radius 3 is 2.44 bits per heavy atom. The molecule has 2 aromatic heterocycles. The van der Waals surface area contributed by atoms with Crippen molar-refractivity contribution in [2.24, 2.45) is 7.05 Å². The first-order chi connectivity index (χ1) is 19.1. The third-order valence-electron chi connectivity index (χ3n) is 7.05. The average Bonchev–Trinajstić information content (AvgIpc) is 3.38. The van der Waals surface area contributed by atoms with Gasteiger partial charge in [-0.15, -0.1) is 0 Å². The van der Waals surface area contributed by atoms with Gasteiger partial charge in [-0.1, -0.05) is 30.3 Å². The zero-order chi connectivity index (χ0) is 27.0. The van der Waals surface area contributed by atoms with E-state index in [1.165, 1.54) is 0 Å². The molecule has 1 aliphatic rings. The van der Waals surface area contributed by atoms with E-state index in [1.54, 1.807) is 23.1 Å². The highest BCUT2D eigenvalue weighted by Crippen LogP contribution is 2.30. The van der Waals surface area contributed by atoms with Crippen LogP contribution in [0.4, 0.5) is 27.8 Å². The van der Waals surface area contributed by atoms with Crippen molar-refractivity contribution in [2.45, 2.75) is 44.3 Å². The van der Waals surface area contributed by atoms with Gasteiger partial charge < -0.3 is 16.0 Å². The lowest BCUT2D eigenvalue weighted by Crippen LogP contribution is -2.48. The zero-order valence-electron chi connectivity index (χ0n) is 21.9. The first-order valence-corrected chi connectivity index (χ1v) is 13.2. The summed E-state index contributed by atoms with van der Waals surface area (Å²) in [6, 6.07) is 25.8. The number of nitrogens with zero attached hydrogens (tertiary/aromatic N) is 5. The molecule has 2 amide bonds. The van der Waals surface area contributed by atoms with Gasteiger partial charge in [-0.25, -0.2) is 9.78 Å². The number of aromatic nitrogens is 3. The molecule has 39 heavy (non-hydrogen) atoms. The first kappa shape index (κ1) is 25.8. The van der Waals surface area contributed by atoms with Crippen LogP contribution in [0.25, 0.3) is 0 Å². The van der Waals surface area contributed by atoms with Crippen LogP contribution in [0.15, 0.2) is 85.2 Å². The Morgan fingerprint density at radius 1 is 1.03 bits per heavy atom. The van der Waals surface area contributed by atoms with Gasteiger partial charge >= 0.3 is 6.03 Å². The van der Waals surface area contributed by atoms with Gasteiger partial charge in [0.1, 0.15) is 17.7 Å². The predicted molar refractivity (Wildman–Crippen MR) is 153 cm³/mol. The molecule has 1 aliphatic carbocycles. The summed E-state index contributed by atoms with van der Waals surface area (Å²) in [5, 5.41) is 23.2. The number of amides is 2. The summed E-state index contributed by atoms with van der Waals surface area (Å²) in [4.78, 5) is 19.8. The van der Waals surface area contributed by atoms with Crippen LogP contribution in [0.2, 0.25) is 0 Å². The maximum absolute atomic E-state index is 13.6. The molecular formula is C30H32N8O. The average molecular weight is 521 g/mol. The lowest BCUT2D eigenvalue weighted by molar-refractivity contribution is 0.240. The Balaban J connectivity index is 1.28. The van der Waals surface area contributed by atoms with E-state index >= 15 is 0 Å². The van der Waals surface area contributed by atoms with E-state index in [1.807, 2.05) is 78.7 Å². The van der Waals surface area contributed by atoms with Crippen molar-refractivity contribution in [1.29, 1.82) is 5.26 Å². The number of hydrogen-bond donors (Lipinski definition) is 3. The second-order valence-corrected chi connectivity index (χ2v) is 9.72. The van der Waals surface area contributed by atoms with Crippen molar-refractivity contribution < 1.29 is 4.79 Å². The second kappa shape index (κ2) is 12.1. The van der Waals surface area contributed by atoms with Crippen molar-refractivity contribution in [3.05, 3.63) is 96.3 Å². The number of anilines is 4. The molecule has 9 heteroatoms. The second-order valence-electron chi connectivity index (χ2n) is 9.72. The first-order valence-electron chi connectivity index (χ1n) is 13.2. The van der Waals surface area contributed by atoms with E-state index in [0.717, 1.165) is 54.3 Å². The lowest BCUT2D eigenvalue weighted by atomic mass is 9.90. The molecule has 4 aromatic rings. The third kappa shape index (κ3) is 6.54. The van der Waals surface area contributed by atoms with Gasteiger partial charge in [-0.3, -0.25) is 9.58 Å². The van der Waals surface area contributed by atoms with Crippen LogP contribution < -0.4 is 20.9 Å². The Labute approximate surface area is 228 Å². The number of carbonyl (C=O) groups is 1. The summed E-state index contributed by atoms with van der Waals surface area (Å²) >= 11 is 0. The molecule has 3 N–H and O–H groups in total. The SMILES string of the molecule is Cn1nccc1Nc1ccc(N(C(=O)NCc2ccccc2)[C@H]2CC[C@H](Nc3ccc(C#N)cn3)CC2)cc1. The van der Waals surface area contributed by atoms with Crippen molar-refractivity contribution in [3.8, 4) is 6.07 Å². The van der Waals surface area contributed by atoms with Gasteiger partial charge in [0.25, 0.3) is 0 Å². The van der Waals surface area contributed by atoms with E-state index in [-0.39, 0.29) is 18.1 Å². The Hall–Kier alpha value is -4.84. The number of urea groups is 1. The van der Waals surface area contributed by atoms with Gasteiger partial charge in [-0.2, -0.15) is 10.4 Å². The van der Waals surface area contributed by atoms with E-state index in [9.17, 15) is 4.79 Å². The fourth-order valence-corrected chi connectivity index (χ4v) is 4.94. The normalized spacial score (nSPS) is 16.6. The maximum atomic E-state index is 13.6. The Morgan fingerprint density at radius 2 is 1.79 bits per heavy atom. The zero-order valence-corrected chi connectivity index (χ0v) is 21.9. The van der Waals surface area contributed by atoms with Crippen molar-refractivity contribution >= 4 is 29.0 Å². The minimum Gasteiger partial charge on any atom is -0.367 e. The molecule has 0 spiro atoms. The van der Waals surface area contributed by atoms with E-state index in [4.69, 9.17) is 5.26 Å². The van der Waals surface area contributed by atoms with Crippen LogP contribution in [0, 0.1) is 11.3 Å². The minimum absolute atomic E-state index is 0.0728. The molecule has 198 valence electrons. The largest absolute Gasteiger partial charge is 0.367 e. The molecule has 0 aliphatic heterocycles. The van der Waals surface area contributed by atoms with Crippen LogP contribution >= 0.6 is 0 Å². The van der Waals surface area contributed by atoms with Gasteiger partial charge in [0, 0.05) is 49.3 Å². The molecule has 1 fully saturated rings. The van der Waals surface area contributed by atoms with Gasteiger partial charge in [0.2, 0.25) is 0 Å². The van der Waals surface area contributed by atoms with Gasteiger partial charge in [-0.05, 0) is 67.6 Å². The molecule has 5 rings (SSSR count). The number of aryl methyl sites for hydroxylation is 1. The van der Waals surface area contributed by atoms with Crippen LogP contribution in [0.5, 0.6) is 0 Å². The van der Waals surface area contributed by atoms with E-state index in [0.29, 0.717) is 12.1 Å². The minimum atomic E-state index is -0.101. The highest BCUT2D eigenvalue weighted by Gasteiger charge is 2.30. The molecular weight excluding hydrogens is 488 g/mol. The number of hydrogen-bond acceptors (Lipinski definition) is 6. The van der Waals surface area contributed by atoms with Crippen LogP contribution in [-0.4, -0.2) is 32.9 Å². The number of carbonyl (C=O) groups excluding carboxylic acids is 1. The van der Waals surface area contributed by atoms with Gasteiger partial charge in [0.05, 0.1) is 11.8 Å². The highest BCUT2D eigenvalue weighted by molar-refractivity contribution is 5.93. The highest BCUT2D eigenvalue weighted by atomic mass is 16.2. The fraction of sp³-hybridized carbons (Fsp3) is 0.267. The molecule has 1 saturated carbocycles. The van der Waals surface area contributed by atoms with E-state index < -0.39 is 0 Å². The van der Waals surface area contributed by atoms with Gasteiger partial charge in [0.15, 0.2) is 0 Å². The summed E-state index contributed by atoms with van der Waals surface area (Å²) in [5.41, 5.74) is 3.39. The lowest BCUT2D eigenvalue weighted by Gasteiger charge is -2.37. The van der Waals surface area contributed by atoms with Crippen molar-refractivity contribution in [3.63, 3.8) is 0 Å². The quantitative estimate of drug-likeness (QED) is 0.280. The number of nitriles is 1. The summed E-state index contributed by atoms with van der Waals surface area (Å²) in [6.07, 6.45) is 6.88. The number of pyridine rings is 1. The number of nitrogens with one attached hydrogen (secondary N) is 3. The third-order valence-corrected chi connectivity index (χ3v) is 7.05. The summed E-state index contributed by atoms with van der Waals surface area (Å²) in [5.74, 6) is 1.66. The molecule has 9 nitrogen and oxygen atoms in total. The van der Waals surface area contributed by atoms with Crippen LogP contribution in [0.3, 0.4) is 0 Å². The molecule has 0 saturated heterocycles. The van der Waals surface area contributed by atoms with E-state index in [2.05, 4.69) is 32.1 Å². The summed E-state index contributed by atoms with van der Waals surface area (Å²) in [7, 11) is 1.89. The topological polar surface area (TPSA) is 111 Å². The van der Waals surface area contributed by atoms with Crippen molar-refractivity contribution in [1.82, 2.24) is 20.1 Å². The number of benzene rings is 2. The molecule has 0 radical (unpaired) electrons. The molecule has 2 aromatic carbocycles. The predicted octanol–water partition coefficient (Wildman–Crippen LogP) is 5.57. The Kier molecular flexibility index (Phi) is 8.03. The monoisotopic (exact) mass is 520 g/mol. The Bertz CT molecular complexity index is 1400. The molecule has 0 atom stereocenters. The van der Waals surface area contributed by atoms with Crippen LogP contribution in [0.1, 0.15) is 36.8 Å². The molecule has 0 unspecified atom stereocenters. The summed E-state index contributed by atoms with van der Waals surface area (Å²) in [6.45, 7) is 0.470. The fourth-order valence-electron chi connectivity index (χ4n) is 4.94. The molecule has 0 bridgehead atoms. The van der Waals surface area contributed by atoms with Crippen LogP contribution in [-0.2, 0) is 13.6 Å². The van der Waals surface area contributed by atoms with Crippen molar-refractivity contribution in [2.75, 3.05) is 15.5 Å². The molecule has 2 heterocycles.